The molecule has 1 aromatic carbocycles. The third-order valence-electron chi connectivity index (χ3n) is 5.45. The number of ether oxygens (including phenoxy) is 2. The van der Waals surface area contributed by atoms with Crippen molar-refractivity contribution in [3.63, 3.8) is 0 Å². The lowest BCUT2D eigenvalue weighted by Crippen LogP contribution is -2.25. The van der Waals surface area contributed by atoms with Crippen molar-refractivity contribution < 1.29 is 18.7 Å². The van der Waals surface area contributed by atoms with E-state index in [-0.39, 0.29) is 11.9 Å². The molecule has 1 unspecified atom stereocenters. The summed E-state index contributed by atoms with van der Waals surface area (Å²) in [5.74, 6) is -0.179. The van der Waals surface area contributed by atoms with E-state index in [0.29, 0.717) is 29.5 Å². The number of nitrogens with one attached hydrogen (secondary N) is 1. The van der Waals surface area contributed by atoms with Crippen molar-refractivity contribution in [1.82, 2.24) is 4.90 Å². The van der Waals surface area contributed by atoms with E-state index in [1.807, 2.05) is 19.1 Å². The van der Waals surface area contributed by atoms with Gasteiger partial charge in [-0.2, -0.15) is 0 Å². The van der Waals surface area contributed by atoms with E-state index in [4.69, 9.17) is 9.47 Å². The molecule has 164 valence electrons. The highest BCUT2D eigenvalue weighted by molar-refractivity contribution is 7.15. The maximum atomic E-state index is 14.3. The molecule has 1 fully saturated rings. The smallest absolute Gasteiger partial charge is 0.167 e. The second kappa shape index (κ2) is 10.2. The van der Waals surface area contributed by atoms with Gasteiger partial charge >= 0.3 is 0 Å². The average Bonchev–Trinajstić information content (AvgIpc) is 3.50. The molecule has 1 saturated heterocycles. The van der Waals surface area contributed by atoms with E-state index in [2.05, 4.69) is 15.2 Å². The summed E-state index contributed by atoms with van der Waals surface area (Å²) in [6, 6.07) is 6.60. The van der Waals surface area contributed by atoms with Gasteiger partial charge in [-0.05, 0) is 56.6 Å². The summed E-state index contributed by atoms with van der Waals surface area (Å²) in [7, 11) is 0. The number of anilines is 1. The normalized spacial score (nSPS) is 19.2. The van der Waals surface area contributed by atoms with Gasteiger partial charge in [0.1, 0.15) is 6.61 Å². The van der Waals surface area contributed by atoms with Crippen LogP contribution < -0.4 is 10.1 Å². The summed E-state index contributed by atoms with van der Waals surface area (Å²) in [5, 5.41) is 2.95. The molecule has 2 aliphatic rings. The lowest BCUT2D eigenvalue weighted by Gasteiger charge is -2.15. The van der Waals surface area contributed by atoms with Crippen molar-refractivity contribution in [3.05, 3.63) is 45.9 Å². The topological polar surface area (TPSA) is 63.2 Å². The zero-order valence-corrected chi connectivity index (χ0v) is 18.3. The molecular weight excluding hydrogens is 417 g/mol. The van der Waals surface area contributed by atoms with Crippen LogP contribution in [0.3, 0.4) is 0 Å². The minimum absolute atomic E-state index is 0.00664. The van der Waals surface area contributed by atoms with Gasteiger partial charge in [-0.25, -0.2) is 9.38 Å². The summed E-state index contributed by atoms with van der Waals surface area (Å²) in [4.78, 5) is 19.6. The molecule has 31 heavy (non-hydrogen) atoms. The Labute approximate surface area is 185 Å². The third-order valence-corrected chi connectivity index (χ3v) is 6.55. The number of hydrogen-bond donors (Lipinski definition) is 1. The van der Waals surface area contributed by atoms with Crippen LogP contribution in [0.15, 0.2) is 35.3 Å². The first-order valence-corrected chi connectivity index (χ1v) is 11.3. The number of benzene rings is 1. The highest BCUT2D eigenvalue weighted by atomic mass is 32.1. The number of carbonyl (C=O) groups excluding carboxylic acids is 1. The second-order valence-corrected chi connectivity index (χ2v) is 8.64. The standard InChI is InChI=1S/C23H26FN3O3S/c1-16-18(6-10-29-16)22-13-20(23(14-28)31-22)26-15-25-17-4-5-21(19(24)12-17)30-11-9-27-7-2-3-8-27/h4-6,12-16H,2-3,7-11H2,1H3,(H,25,26). The predicted molar refractivity (Wildman–Crippen MR) is 122 cm³/mol. The Morgan fingerprint density at radius 1 is 1.35 bits per heavy atom. The largest absolute Gasteiger partial charge is 0.489 e. The lowest BCUT2D eigenvalue weighted by atomic mass is 10.1. The fraction of sp³-hybridized carbons (Fsp3) is 0.391. The first-order valence-electron chi connectivity index (χ1n) is 10.5. The van der Waals surface area contributed by atoms with Gasteiger partial charge in [-0.1, -0.05) is 6.08 Å². The first kappa shape index (κ1) is 21.7. The van der Waals surface area contributed by atoms with Crippen molar-refractivity contribution in [2.45, 2.75) is 25.9 Å². The molecule has 0 spiro atoms. The number of aldehydes is 1. The van der Waals surface area contributed by atoms with E-state index < -0.39 is 5.82 Å². The minimum Gasteiger partial charge on any atom is -0.489 e. The number of halogens is 1. The molecule has 2 aliphatic heterocycles. The number of nitrogens with zero attached hydrogens (tertiary/aromatic N) is 2. The molecule has 0 radical (unpaired) electrons. The molecule has 8 heteroatoms. The van der Waals surface area contributed by atoms with Crippen LogP contribution in [-0.2, 0) is 4.74 Å². The van der Waals surface area contributed by atoms with Crippen LogP contribution in [-0.4, -0.2) is 56.5 Å². The average molecular weight is 444 g/mol. The molecule has 0 amide bonds. The Kier molecular flexibility index (Phi) is 7.11. The molecule has 1 N–H and O–H groups in total. The van der Waals surface area contributed by atoms with Crippen LogP contribution in [0.5, 0.6) is 5.75 Å². The first-order chi connectivity index (χ1) is 15.1. The SMILES string of the molecule is CC1OCC=C1c1cc(N=CNc2ccc(OCCN3CCCC3)c(F)c2)c(C=O)s1. The summed E-state index contributed by atoms with van der Waals surface area (Å²) >= 11 is 1.39. The maximum Gasteiger partial charge on any atom is 0.167 e. The molecule has 4 rings (SSSR count). The van der Waals surface area contributed by atoms with Gasteiger partial charge in [0.2, 0.25) is 0 Å². The van der Waals surface area contributed by atoms with Gasteiger partial charge in [0.05, 0.1) is 29.6 Å². The van der Waals surface area contributed by atoms with Crippen LogP contribution in [0.1, 0.15) is 34.3 Å². The lowest BCUT2D eigenvalue weighted by molar-refractivity contribution is 0.112. The fourth-order valence-corrected chi connectivity index (χ4v) is 4.78. The molecule has 0 bridgehead atoms. The summed E-state index contributed by atoms with van der Waals surface area (Å²) in [6.07, 6.45) is 6.74. The van der Waals surface area contributed by atoms with Gasteiger partial charge in [-0.3, -0.25) is 9.69 Å². The second-order valence-electron chi connectivity index (χ2n) is 7.56. The van der Waals surface area contributed by atoms with Gasteiger partial charge in [-0.15, -0.1) is 11.3 Å². The van der Waals surface area contributed by atoms with Crippen molar-refractivity contribution in [1.29, 1.82) is 0 Å². The van der Waals surface area contributed by atoms with E-state index in [1.165, 1.54) is 36.6 Å². The fourth-order valence-electron chi connectivity index (χ4n) is 3.74. The van der Waals surface area contributed by atoms with Gasteiger partial charge in [0.15, 0.2) is 17.9 Å². The predicted octanol–water partition coefficient (Wildman–Crippen LogP) is 4.75. The van der Waals surface area contributed by atoms with Crippen molar-refractivity contribution >= 4 is 40.9 Å². The summed E-state index contributed by atoms with van der Waals surface area (Å²) < 4.78 is 25.5. The van der Waals surface area contributed by atoms with E-state index in [1.54, 1.807) is 12.1 Å². The summed E-state index contributed by atoms with van der Waals surface area (Å²) in [6.45, 7) is 6.04. The van der Waals surface area contributed by atoms with Gasteiger partial charge in [0.25, 0.3) is 0 Å². The zero-order valence-electron chi connectivity index (χ0n) is 17.5. The number of likely N-dealkylation sites (tertiary alicyclic amines) is 1. The van der Waals surface area contributed by atoms with E-state index >= 15 is 0 Å². The molecule has 2 aromatic rings. The molecule has 0 aliphatic carbocycles. The summed E-state index contributed by atoms with van der Waals surface area (Å²) in [5.41, 5.74) is 2.20. The number of aliphatic imine (C=N–C) groups is 1. The highest BCUT2D eigenvalue weighted by Crippen LogP contribution is 2.36. The Morgan fingerprint density at radius 3 is 2.90 bits per heavy atom. The molecular formula is C23H26FN3O3S. The molecule has 3 heterocycles. The van der Waals surface area contributed by atoms with Gasteiger partial charge in [0, 0.05) is 23.2 Å². The Morgan fingerprint density at radius 2 is 2.19 bits per heavy atom. The molecule has 0 saturated carbocycles. The van der Waals surface area contributed by atoms with Crippen LogP contribution >= 0.6 is 11.3 Å². The van der Waals surface area contributed by atoms with Crippen LogP contribution in [0.25, 0.3) is 5.57 Å². The quantitative estimate of drug-likeness (QED) is 0.344. The number of hydrogen-bond acceptors (Lipinski definition) is 6. The van der Waals surface area contributed by atoms with Crippen molar-refractivity contribution in [2.24, 2.45) is 4.99 Å². The highest BCUT2D eigenvalue weighted by Gasteiger charge is 2.20. The maximum absolute atomic E-state index is 14.3. The van der Waals surface area contributed by atoms with Crippen molar-refractivity contribution in [3.8, 4) is 5.75 Å². The van der Waals surface area contributed by atoms with Gasteiger partial charge < -0.3 is 14.8 Å². The zero-order chi connectivity index (χ0) is 21.6. The number of carbonyl (C=O) groups is 1. The molecule has 1 aromatic heterocycles. The molecule has 6 nitrogen and oxygen atoms in total. The Hall–Kier alpha value is -2.55. The van der Waals surface area contributed by atoms with Crippen LogP contribution in [0, 0.1) is 5.82 Å². The Bertz CT molecular complexity index is 982. The van der Waals surface area contributed by atoms with Crippen molar-refractivity contribution in [2.75, 3.05) is 38.2 Å². The monoisotopic (exact) mass is 443 g/mol. The van der Waals surface area contributed by atoms with Crippen LogP contribution in [0.4, 0.5) is 15.8 Å². The number of thiophene rings is 1. The Balaban J connectivity index is 1.35. The third kappa shape index (κ3) is 5.39. The van der Waals surface area contributed by atoms with E-state index in [0.717, 1.165) is 36.4 Å². The number of rotatable bonds is 9. The molecule has 1 atom stereocenters. The van der Waals surface area contributed by atoms with E-state index in [9.17, 15) is 9.18 Å². The van der Waals surface area contributed by atoms with Crippen LogP contribution in [0.2, 0.25) is 0 Å². The minimum atomic E-state index is -0.423.